The number of methoxy groups -OCH3 is 1. The van der Waals surface area contributed by atoms with E-state index in [2.05, 4.69) is 9.88 Å². The molecule has 1 aromatic heterocycles. The third-order valence-corrected chi connectivity index (χ3v) is 5.09. The molecule has 2 heterocycles. The summed E-state index contributed by atoms with van der Waals surface area (Å²) in [5.74, 6) is 1.78. The molecule has 0 spiro atoms. The number of halogens is 1. The molecule has 0 saturated carbocycles. The largest absolute Gasteiger partial charge is 0.497 e. The smallest absolute Gasteiger partial charge is 0.163 e. The van der Waals surface area contributed by atoms with Crippen LogP contribution in [-0.4, -0.2) is 24.9 Å². The molecule has 0 unspecified atom stereocenters. The van der Waals surface area contributed by atoms with Crippen LogP contribution in [0.15, 0.2) is 48.7 Å². The predicted molar refractivity (Wildman–Crippen MR) is 110 cm³/mol. The van der Waals surface area contributed by atoms with Gasteiger partial charge in [-0.1, -0.05) is 0 Å². The number of aromatic nitrogens is 1. The van der Waals surface area contributed by atoms with E-state index in [1.165, 1.54) is 6.07 Å². The maximum atomic E-state index is 14.7. The summed E-state index contributed by atoms with van der Waals surface area (Å²) in [5, 5.41) is 3.50. The molecule has 0 fully saturated rings. The van der Waals surface area contributed by atoms with Gasteiger partial charge in [0.1, 0.15) is 11.6 Å². The highest BCUT2D eigenvalue weighted by Crippen LogP contribution is 2.38. The molecule has 0 saturated heterocycles. The Hall–Kier alpha value is -2.99. The molecule has 29 heavy (non-hydrogen) atoms. The van der Waals surface area contributed by atoms with Crippen LogP contribution in [0, 0.1) is 5.82 Å². The zero-order valence-electron chi connectivity index (χ0n) is 16.9. The normalized spacial score (nSPS) is 15.2. The highest BCUT2D eigenvalue weighted by molar-refractivity contribution is 5.56. The zero-order chi connectivity index (χ0) is 20.4. The van der Waals surface area contributed by atoms with Gasteiger partial charge in [-0.15, -0.1) is 0 Å². The first kappa shape index (κ1) is 19.3. The van der Waals surface area contributed by atoms with Gasteiger partial charge in [-0.2, -0.15) is 0 Å². The molecule has 0 amide bonds. The van der Waals surface area contributed by atoms with Crippen molar-refractivity contribution in [3.05, 3.63) is 71.3 Å². The standard InChI is InChI=1S/C23H25FN2O3/c1-4-28-21-11-15-14-25-23(17-12-16(27-3)8-9-18(17)24)19-7-6-10-26(19)20(15)13-22(21)29-5-2/h6-13,23,25H,4-5,14H2,1-3H3/t23-/m0/s1. The Bertz CT molecular complexity index is 1020. The lowest BCUT2D eigenvalue weighted by Crippen LogP contribution is -2.22. The lowest BCUT2D eigenvalue weighted by molar-refractivity contribution is 0.287. The van der Waals surface area contributed by atoms with E-state index in [9.17, 15) is 4.39 Å². The molecule has 152 valence electrons. The van der Waals surface area contributed by atoms with Crippen LogP contribution >= 0.6 is 0 Å². The van der Waals surface area contributed by atoms with Gasteiger partial charge in [0.05, 0.1) is 32.1 Å². The van der Waals surface area contributed by atoms with E-state index in [0.717, 1.165) is 22.7 Å². The van der Waals surface area contributed by atoms with Crippen LogP contribution in [0.3, 0.4) is 0 Å². The summed E-state index contributed by atoms with van der Waals surface area (Å²) >= 11 is 0. The number of benzene rings is 2. The van der Waals surface area contributed by atoms with Crippen molar-refractivity contribution in [1.82, 2.24) is 9.88 Å². The SMILES string of the molecule is CCOc1cc2c(cc1OCC)-n1cccc1[C@H](c1cc(OC)ccc1F)NC2. The average molecular weight is 396 g/mol. The Morgan fingerprint density at radius 1 is 1.07 bits per heavy atom. The van der Waals surface area contributed by atoms with Gasteiger partial charge in [0.25, 0.3) is 0 Å². The molecule has 2 aromatic carbocycles. The zero-order valence-corrected chi connectivity index (χ0v) is 16.9. The number of hydrogen-bond donors (Lipinski definition) is 1. The Morgan fingerprint density at radius 3 is 2.55 bits per heavy atom. The fraction of sp³-hybridized carbons (Fsp3) is 0.304. The van der Waals surface area contributed by atoms with Crippen molar-refractivity contribution in [2.75, 3.05) is 20.3 Å². The summed E-state index contributed by atoms with van der Waals surface area (Å²) in [6.45, 7) is 5.56. The molecule has 1 N–H and O–H groups in total. The van der Waals surface area contributed by atoms with Crippen molar-refractivity contribution in [2.45, 2.75) is 26.4 Å². The number of ether oxygens (including phenoxy) is 3. The van der Waals surface area contributed by atoms with Gasteiger partial charge < -0.3 is 24.1 Å². The molecule has 1 aliphatic heterocycles. The van der Waals surface area contributed by atoms with E-state index in [1.807, 2.05) is 44.3 Å². The minimum Gasteiger partial charge on any atom is -0.497 e. The van der Waals surface area contributed by atoms with Crippen molar-refractivity contribution >= 4 is 0 Å². The molecular formula is C23H25FN2O3. The van der Waals surface area contributed by atoms with Gasteiger partial charge in [0.2, 0.25) is 0 Å². The monoisotopic (exact) mass is 396 g/mol. The molecule has 4 rings (SSSR count). The van der Waals surface area contributed by atoms with E-state index in [0.29, 0.717) is 36.8 Å². The van der Waals surface area contributed by atoms with Crippen molar-refractivity contribution in [3.63, 3.8) is 0 Å². The topological polar surface area (TPSA) is 44.7 Å². The van der Waals surface area contributed by atoms with Crippen LogP contribution < -0.4 is 19.5 Å². The lowest BCUT2D eigenvalue weighted by Gasteiger charge is -2.19. The van der Waals surface area contributed by atoms with Crippen molar-refractivity contribution < 1.29 is 18.6 Å². The van der Waals surface area contributed by atoms with Crippen LogP contribution in [0.2, 0.25) is 0 Å². The first-order valence-electron chi connectivity index (χ1n) is 9.83. The number of rotatable bonds is 6. The fourth-order valence-electron chi connectivity index (χ4n) is 3.80. The Morgan fingerprint density at radius 2 is 1.83 bits per heavy atom. The third-order valence-electron chi connectivity index (χ3n) is 5.09. The first-order valence-corrected chi connectivity index (χ1v) is 9.83. The van der Waals surface area contributed by atoms with E-state index >= 15 is 0 Å². The Balaban J connectivity index is 1.83. The Labute approximate surface area is 170 Å². The van der Waals surface area contributed by atoms with E-state index in [4.69, 9.17) is 14.2 Å². The van der Waals surface area contributed by atoms with Gasteiger partial charge in [-0.3, -0.25) is 0 Å². The number of nitrogens with zero attached hydrogens (tertiary/aromatic N) is 1. The fourth-order valence-corrected chi connectivity index (χ4v) is 3.80. The van der Waals surface area contributed by atoms with Crippen LogP contribution in [0.5, 0.6) is 17.2 Å². The van der Waals surface area contributed by atoms with E-state index < -0.39 is 0 Å². The first-order chi connectivity index (χ1) is 14.2. The van der Waals surface area contributed by atoms with Gasteiger partial charge in [-0.05, 0) is 55.8 Å². The lowest BCUT2D eigenvalue weighted by atomic mass is 10.0. The van der Waals surface area contributed by atoms with Crippen molar-refractivity contribution in [3.8, 4) is 22.9 Å². The molecular weight excluding hydrogens is 371 g/mol. The number of nitrogens with one attached hydrogen (secondary N) is 1. The summed E-state index contributed by atoms with van der Waals surface area (Å²) in [6.07, 6.45) is 1.99. The van der Waals surface area contributed by atoms with Crippen LogP contribution in [0.4, 0.5) is 4.39 Å². The van der Waals surface area contributed by atoms with Crippen LogP contribution in [0.25, 0.3) is 5.69 Å². The molecule has 1 aliphatic rings. The molecule has 0 radical (unpaired) electrons. The summed E-state index contributed by atoms with van der Waals surface area (Å²) in [5.41, 5.74) is 3.55. The van der Waals surface area contributed by atoms with Crippen molar-refractivity contribution in [2.24, 2.45) is 0 Å². The van der Waals surface area contributed by atoms with Crippen LogP contribution in [0.1, 0.15) is 36.7 Å². The number of hydrogen-bond acceptors (Lipinski definition) is 4. The van der Waals surface area contributed by atoms with Gasteiger partial charge in [0, 0.05) is 30.1 Å². The van der Waals surface area contributed by atoms with Crippen LogP contribution in [-0.2, 0) is 6.54 Å². The van der Waals surface area contributed by atoms with Crippen molar-refractivity contribution in [1.29, 1.82) is 0 Å². The highest BCUT2D eigenvalue weighted by atomic mass is 19.1. The minimum atomic E-state index is -0.321. The molecule has 6 heteroatoms. The number of fused-ring (bicyclic) bond motifs is 3. The maximum Gasteiger partial charge on any atom is 0.163 e. The predicted octanol–water partition coefficient (Wildman–Crippen LogP) is 4.62. The second kappa shape index (κ2) is 8.17. The Kier molecular flexibility index (Phi) is 5.45. The summed E-state index contributed by atoms with van der Waals surface area (Å²) < 4.78 is 33.7. The van der Waals surface area contributed by atoms with Gasteiger partial charge in [0.15, 0.2) is 11.5 Å². The maximum absolute atomic E-state index is 14.7. The molecule has 0 bridgehead atoms. The molecule has 5 nitrogen and oxygen atoms in total. The van der Waals surface area contributed by atoms with E-state index in [-0.39, 0.29) is 11.9 Å². The molecule has 0 aliphatic carbocycles. The summed E-state index contributed by atoms with van der Waals surface area (Å²) in [7, 11) is 1.58. The quantitative estimate of drug-likeness (QED) is 0.661. The highest BCUT2D eigenvalue weighted by Gasteiger charge is 2.27. The second-order valence-corrected chi connectivity index (χ2v) is 6.80. The van der Waals surface area contributed by atoms with Gasteiger partial charge >= 0.3 is 0 Å². The summed E-state index contributed by atoms with van der Waals surface area (Å²) in [4.78, 5) is 0. The van der Waals surface area contributed by atoms with E-state index in [1.54, 1.807) is 19.2 Å². The second-order valence-electron chi connectivity index (χ2n) is 6.80. The molecule has 3 aromatic rings. The summed E-state index contributed by atoms with van der Waals surface area (Å²) in [6, 6.07) is 12.5. The minimum absolute atomic E-state index is 0.271. The van der Waals surface area contributed by atoms with Gasteiger partial charge in [-0.25, -0.2) is 4.39 Å². The third kappa shape index (κ3) is 3.56. The average Bonchev–Trinajstić information content (AvgIpc) is 3.15. The molecule has 1 atom stereocenters.